The van der Waals surface area contributed by atoms with Crippen LogP contribution in [0.2, 0.25) is 0 Å². The number of halogens is 5. The van der Waals surface area contributed by atoms with E-state index in [1.165, 1.54) is 6.92 Å². The Labute approximate surface area is 139 Å². The Kier molecular flexibility index (Phi) is 4.95. The molecule has 2 rings (SSSR count). The van der Waals surface area contributed by atoms with Gasteiger partial charge in [0, 0.05) is 17.4 Å². The molecule has 2 heterocycles. The molecule has 0 bridgehead atoms. The fraction of sp³-hybridized carbons (Fsp3) is 0.600. The molecule has 0 saturated carbocycles. The average molecular weight is 369 g/mol. The molecule has 0 amide bonds. The lowest BCUT2D eigenvalue weighted by Gasteiger charge is -2.31. The summed E-state index contributed by atoms with van der Waals surface area (Å²) in [5, 5.41) is 9.29. The van der Waals surface area contributed by atoms with E-state index in [2.05, 4.69) is 4.98 Å². The van der Waals surface area contributed by atoms with Gasteiger partial charge in [-0.2, -0.15) is 13.2 Å². The molecule has 1 N–H and O–H groups in total. The number of nitrogens with zero attached hydrogens (tertiary/aromatic N) is 1. The van der Waals surface area contributed by atoms with Gasteiger partial charge in [-0.05, 0) is 13.0 Å². The molecule has 0 radical (unpaired) electrons. The monoisotopic (exact) mass is 369 g/mol. The number of pyridine rings is 1. The van der Waals surface area contributed by atoms with Crippen molar-refractivity contribution in [1.82, 2.24) is 4.98 Å². The zero-order valence-electron chi connectivity index (χ0n) is 13.5. The van der Waals surface area contributed by atoms with Crippen molar-refractivity contribution >= 4 is 5.97 Å². The SMILES string of the molecule is COc1nc(C(F)F)ccc1C1C(C)C(C)(C(F)(F)F)O[C@H]1C(=O)O. The zero-order valence-corrected chi connectivity index (χ0v) is 13.5. The van der Waals surface area contributed by atoms with E-state index in [0.717, 1.165) is 26.2 Å². The van der Waals surface area contributed by atoms with E-state index in [9.17, 15) is 31.9 Å². The summed E-state index contributed by atoms with van der Waals surface area (Å²) in [6.07, 6.45) is -9.55. The zero-order chi connectivity index (χ0) is 19.2. The van der Waals surface area contributed by atoms with Gasteiger partial charge >= 0.3 is 12.1 Å². The van der Waals surface area contributed by atoms with Gasteiger partial charge in [-0.1, -0.05) is 13.0 Å². The molecule has 1 aliphatic rings. The van der Waals surface area contributed by atoms with Crippen molar-refractivity contribution in [2.75, 3.05) is 7.11 Å². The summed E-state index contributed by atoms with van der Waals surface area (Å²) in [5.41, 5.74) is -3.37. The molecule has 0 aliphatic carbocycles. The maximum Gasteiger partial charge on any atom is 0.417 e. The minimum absolute atomic E-state index is 0.0280. The van der Waals surface area contributed by atoms with Crippen LogP contribution in [0.4, 0.5) is 22.0 Å². The molecular weight excluding hydrogens is 353 g/mol. The second kappa shape index (κ2) is 6.40. The van der Waals surface area contributed by atoms with Crippen LogP contribution in [0.3, 0.4) is 0 Å². The molecule has 3 unspecified atom stereocenters. The number of carbonyl (C=O) groups is 1. The summed E-state index contributed by atoms with van der Waals surface area (Å²) >= 11 is 0. The number of carboxylic acid groups (broad SMARTS) is 1. The first-order valence-corrected chi connectivity index (χ1v) is 7.24. The highest BCUT2D eigenvalue weighted by Gasteiger charge is 2.66. The van der Waals surface area contributed by atoms with E-state index in [0.29, 0.717) is 0 Å². The first-order chi connectivity index (χ1) is 11.4. The number of hydrogen-bond donors (Lipinski definition) is 1. The minimum atomic E-state index is -4.82. The highest BCUT2D eigenvalue weighted by atomic mass is 19.4. The van der Waals surface area contributed by atoms with Crippen LogP contribution in [0.5, 0.6) is 5.88 Å². The Morgan fingerprint density at radius 1 is 1.40 bits per heavy atom. The number of alkyl halides is 5. The van der Waals surface area contributed by atoms with Crippen molar-refractivity contribution < 1.29 is 41.3 Å². The Balaban J connectivity index is 2.57. The van der Waals surface area contributed by atoms with Gasteiger partial charge in [-0.25, -0.2) is 18.6 Å². The second-order valence-corrected chi connectivity index (χ2v) is 5.93. The van der Waals surface area contributed by atoms with Crippen LogP contribution in [0, 0.1) is 5.92 Å². The molecule has 1 aromatic heterocycles. The maximum absolute atomic E-state index is 13.4. The molecule has 1 fully saturated rings. The molecule has 1 saturated heterocycles. The van der Waals surface area contributed by atoms with Crippen LogP contribution < -0.4 is 4.74 Å². The third-order valence-corrected chi connectivity index (χ3v) is 4.60. The van der Waals surface area contributed by atoms with Crippen molar-refractivity contribution in [3.8, 4) is 5.88 Å². The second-order valence-electron chi connectivity index (χ2n) is 5.93. The summed E-state index contributed by atoms with van der Waals surface area (Å²) in [5.74, 6) is -4.54. The summed E-state index contributed by atoms with van der Waals surface area (Å²) in [4.78, 5) is 15.0. The van der Waals surface area contributed by atoms with Gasteiger partial charge in [-0.3, -0.25) is 0 Å². The fourth-order valence-corrected chi connectivity index (χ4v) is 3.01. The lowest BCUT2D eigenvalue weighted by Crippen LogP contribution is -2.47. The van der Waals surface area contributed by atoms with Gasteiger partial charge in [0.15, 0.2) is 11.7 Å². The summed E-state index contributed by atoms with van der Waals surface area (Å²) in [6.45, 7) is 1.96. The fourth-order valence-electron chi connectivity index (χ4n) is 3.01. The molecule has 1 aromatic rings. The smallest absolute Gasteiger partial charge is 0.417 e. The number of aromatic nitrogens is 1. The topological polar surface area (TPSA) is 68.7 Å². The number of aliphatic carboxylic acids is 1. The number of carboxylic acids is 1. The highest BCUT2D eigenvalue weighted by Crippen LogP contribution is 2.54. The van der Waals surface area contributed by atoms with Crippen molar-refractivity contribution in [3.05, 3.63) is 23.4 Å². The summed E-state index contributed by atoms with van der Waals surface area (Å²) in [6, 6.07) is 2.04. The average Bonchev–Trinajstić information content (AvgIpc) is 2.79. The number of methoxy groups -OCH3 is 1. The molecule has 1 aliphatic heterocycles. The van der Waals surface area contributed by atoms with Gasteiger partial charge in [0.05, 0.1) is 7.11 Å². The van der Waals surface area contributed by atoms with E-state index in [-0.39, 0.29) is 11.4 Å². The van der Waals surface area contributed by atoms with Gasteiger partial charge in [0.2, 0.25) is 5.88 Å². The largest absolute Gasteiger partial charge is 0.481 e. The van der Waals surface area contributed by atoms with E-state index < -0.39 is 47.8 Å². The molecule has 4 atom stereocenters. The van der Waals surface area contributed by atoms with Crippen LogP contribution >= 0.6 is 0 Å². The number of rotatable bonds is 4. The maximum atomic E-state index is 13.4. The van der Waals surface area contributed by atoms with Gasteiger partial charge in [0.1, 0.15) is 5.69 Å². The normalized spacial score (nSPS) is 29.9. The predicted octanol–water partition coefficient (Wildman–Crippen LogP) is 3.55. The third-order valence-electron chi connectivity index (χ3n) is 4.60. The Bertz CT molecular complexity index is 666. The van der Waals surface area contributed by atoms with Gasteiger partial charge in [-0.15, -0.1) is 0 Å². The van der Waals surface area contributed by atoms with Crippen LogP contribution in [0.15, 0.2) is 12.1 Å². The lowest BCUT2D eigenvalue weighted by atomic mass is 9.77. The van der Waals surface area contributed by atoms with Gasteiger partial charge < -0.3 is 14.6 Å². The Hall–Kier alpha value is -1.97. The first kappa shape index (κ1) is 19.4. The van der Waals surface area contributed by atoms with Crippen molar-refractivity contribution in [2.45, 2.75) is 44.1 Å². The molecule has 25 heavy (non-hydrogen) atoms. The van der Waals surface area contributed by atoms with Gasteiger partial charge in [0.25, 0.3) is 6.43 Å². The molecular formula is C15H16F5NO4. The molecule has 0 aromatic carbocycles. The van der Waals surface area contributed by atoms with E-state index in [4.69, 9.17) is 9.47 Å². The van der Waals surface area contributed by atoms with Crippen LogP contribution in [-0.4, -0.2) is 41.1 Å². The third kappa shape index (κ3) is 3.14. The molecule has 10 heteroatoms. The lowest BCUT2D eigenvalue weighted by molar-refractivity contribution is -0.273. The van der Waals surface area contributed by atoms with E-state index >= 15 is 0 Å². The van der Waals surface area contributed by atoms with Crippen molar-refractivity contribution in [2.24, 2.45) is 5.92 Å². The molecule has 0 spiro atoms. The van der Waals surface area contributed by atoms with Crippen LogP contribution in [0.25, 0.3) is 0 Å². The first-order valence-electron chi connectivity index (χ1n) is 7.24. The van der Waals surface area contributed by atoms with E-state index in [1.807, 2.05) is 0 Å². The van der Waals surface area contributed by atoms with Crippen molar-refractivity contribution in [3.63, 3.8) is 0 Å². The summed E-state index contributed by atoms with van der Waals surface area (Å²) < 4.78 is 75.5. The van der Waals surface area contributed by atoms with Crippen LogP contribution in [0.1, 0.15) is 37.4 Å². The standard InChI is InChI=1S/C15H16F5NO4/c1-6-9(7-4-5-8(11(16)17)21-12(7)24-3)10(13(22)23)25-14(6,2)15(18,19)20/h4-6,9-11H,1-3H3,(H,22,23)/t6?,9?,10-,14?/m1/s1. The Morgan fingerprint density at radius 2 is 2.00 bits per heavy atom. The molecule has 140 valence electrons. The predicted molar refractivity (Wildman–Crippen MR) is 74.6 cm³/mol. The Morgan fingerprint density at radius 3 is 2.44 bits per heavy atom. The van der Waals surface area contributed by atoms with E-state index in [1.54, 1.807) is 0 Å². The molecule has 5 nitrogen and oxygen atoms in total. The number of hydrogen-bond acceptors (Lipinski definition) is 4. The summed E-state index contributed by atoms with van der Waals surface area (Å²) in [7, 11) is 1.11. The van der Waals surface area contributed by atoms with Crippen molar-refractivity contribution in [1.29, 1.82) is 0 Å². The quantitative estimate of drug-likeness (QED) is 0.822. The minimum Gasteiger partial charge on any atom is -0.481 e. The highest BCUT2D eigenvalue weighted by molar-refractivity contribution is 5.75. The number of ether oxygens (including phenoxy) is 2. The van der Waals surface area contributed by atoms with Crippen LogP contribution in [-0.2, 0) is 9.53 Å².